The Bertz CT molecular complexity index is 437. The van der Waals surface area contributed by atoms with Gasteiger partial charge in [-0.2, -0.15) is 11.8 Å². The summed E-state index contributed by atoms with van der Waals surface area (Å²) in [5.41, 5.74) is 1.15. The largest absolute Gasteiger partial charge is 0.370 e. The number of nitrogens with zero attached hydrogens (tertiary/aromatic N) is 2. The summed E-state index contributed by atoms with van der Waals surface area (Å²) in [6.45, 7) is 9.67. The maximum atomic E-state index is 4.85. The zero-order chi connectivity index (χ0) is 14.5. The molecule has 0 aromatic carbocycles. The molecule has 0 saturated carbocycles. The molecule has 1 aliphatic rings. The predicted molar refractivity (Wildman–Crippen MR) is 92.0 cm³/mol. The van der Waals surface area contributed by atoms with Crippen LogP contribution in [0.3, 0.4) is 0 Å². The van der Waals surface area contributed by atoms with Crippen LogP contribution in [0.2, 0.25) is 0 Å². The van der Waals surface area contributed by atoms with Crippen molar-refractivity contribution in [3.63, 3.8) is 0 Å². The molecule has 2 unspecified atom stereocenters. The van der Waals surface area contributed by atoms with Gasteiger partial charge >= 0.3 is 0 Å². The summed E-state index contributed by atoms with van der Waals surface area (Å²) in [5, 5.41) is 4.43. The first-order valence-corrected chi connectivity index (χ1v) is 9.61. The highest BCUT2D eigenvalue weighted by Crippen LogP contribution is 2.43. The summed E-state index contributed by atoms with van der Waals surface area (Å²) in [5.74, 6) is 4.90. The van der Waals surface area contributed by atoms with E-state index >= 15 is 0 Å². The van der Waals surface area contributed by atoms with E-state index in [1.54, 1.807) is 0 Å². The minimum absolute atomic E-state index is 0.440. The molecule has 5 heteroatoms. The van der Waals surface area contributed by atoms with Crippen molar-refractivity contribution in [2.75, 3.05) is 23.4 Å². The van der Waals surface area contributed by atoms with Crippen molar-refractivity contribution in [1.29, 1.82) is 0 Å². The van der Waals surface area contributed by atoms with Gasteiger partial charge in [0.1, 0.15) is 11.6 Å². The number of thioether (sulfide) groups is 2. The third-order valence-corrected chi connectivity index (χ3v) is 6.66. The van der Waals surface area contributed by atoms with Gasteiger partial charge in [0, 0.05) is 35.1 Å². The average Bonchev–Trinajstić information content (AvgIpc) is 2.47. The molecule has 0 spiro atoms. The molecule has 1 N–H and O–H groups in total. The Balaban J connectivity index is 2.32. The van der Waals surface area contributed by atoms with Gasteiger partial charge in [-0.3, -0.25) is 0 Å². The van der Waals surface area contributed by atoms with E-state index in [9.17, 15) is 0 Å². The predicted octanol–water partition coefficient (Wildman–Crippen LogP) is 4.33. The average molecular weight is 312 g/mol. The Kier molecular flexibility index (Phi) is 6.02. The molecule has 1 aliphatic heterocycles. The number of hydrogen-bond donors (Lipinski definition) is 1. The van der Waals surface area contributed by atoms with E-state index in [-0.39, 0.29) is 0 Å². The van der Waals surface area contributed by atoms with E-state index < -0.39 is 0 Å². The lowest BCUT2D eigenvalue weighted by Gasteiger charge is -2.29. The fourth-order valence-corrected chi connectivity index (χ4v) is 5.31. The third kappa shape index (κ3) is 3.82. The van der Waals surface area contributed by atoms with Crippen LogP contribution in [0.4, 0.5) is 5.82 Å². The molecule has 2 atom stereocenters. The van der Waals surface area contributed by atoms with Crippen molar-refractivity contribution >= 4 is 29.3 Å². The molecular formula is C15H25N3S2. The first-order chi connectivity index (χ1) is 9.65. The van der Waals surface area contributed by atoms with Crippen LogP contribution in [0, 0.1) is 0 Å². The number of anilines is 1. The number of aromatic nitrogens is 2. The fraction of sp³-hybridized carbons (Fsp3) is 0.733. The molecule has 0 amide bonds. The molecule has 1 saturated heterocycles. The Morgan fingerprint density at radius 2 is 2.00 bits per heavy atom. The highest BCUT2D eigenvalue weighted by molar-refractivity contribution is 8.06. The molecule has 3 nitrogen and oxygen atoms in total. The van der Waals surface area contributed by atoms with Crippen LogP contribution in [-0.2, 0) is 0 Å². The van der Waals surface area contributed by atoms with Crippen LogP contribution in [0.5, 0.6) is 0 Å². The topological polar surface area (TPSA) is 37.8 Å². The van der Waals surface area contributed by atoms with E-state index in [1.807, 2.05) is 11.8 Å². The van der Waals surface area contributed by atoms with Crippen molar-refractivity contribution in [3.05, 3.63) is 17.6 Å². The molecule has 2 rings (SSSR count). The van der Waals surface area contributed by atoms with Crippen molar-refractivity contribution in [2.45, 2.75) is 50.5 Å². The lowest BCUT2D eigenvalue weighted by Crippen LogP contribution is -2.21. The molecule has 20 heavy (non-hydrogen) atoms. The fourth-order valence-electron chi connectivity index (χ4n) is 2.32. The van der Waals surface area contributed by atoms with E-state index in [2.05, 4.69) is 50.8 Å². The summed E-state index contributed by atoms with van der Waals surface area (Å²) in [6, 6.07) is 2.10. The zero-order valence-electron chi connectivity index (χ0n) is 12.8. The lowest BCUT2D eigenvalue weighted by atomic mass is 10.1. The van der Waals surface area contributed by atoms with E-state index in [0.717, 1.165) is 23.9 Å². The number of nitrogens with one attached hydrogen (secondary N) is 1. The van der Waals surface area contributed by atoms with Crippen LogP contribution in [0.15, 0.2) is 6.07 Å². The summed E-state index contributed by atoms with van der Waals surface area (Å²) in [6.07, 6.45) is 1.19. The van der Waals surface area contributed by atoms with Crippen LogP contribution < -0.4 is 5.32 Å². The first kappa shape index (κ1) is 16.0. The number of hydrogen-bond acceptors (Lipinski definition) is 5. The Morgan fingerprint density at radius 1 is 1.25 bits per heavy atom. The van der Waals surface area contributed by atoms with Crippen LogP contribution in [0.25, 0.3) is 0 Å². The molecular weight excluding hydrogens is 286 g/mol. The van der Waals surface area contributed by atoms with Crippen LogP contribution in [0.1, 0.15) is 56.8 Å². The normalized spacial score (nSPS) is 23.1. The van der Waals surface area contributed by atoms with Gasteiger partial charge in [-0.25, -0.2) is 9.97 Å². The second-order valence-electron chi connectivity index (χ2n) is 5.33. The minimum Gasteiger partial charge on any atom is -0.370 e. The van der Waals surface area contributed by atoms with Gasteiger partial charge in [-0.1, -0.05) is 20.8 Å². The molecule has 1 aromatic heterocycles. The van der Waals surface area contributed by atoms with E-state index in [4.69, 9.17) is 9.97 Å². The molecule has 1 aromatic rings. The van der Waals surface area contributed by atoms with Gasteiger partial charge in [0.05, 0.1) is 5.25 Å². The molecule has 1 fully saturated rings. The molecule has 0 radical (unpaired) electrons. The smallest absolute Gasteiger partial charge is 0.145 e. The quantitative estimate of drug-likeness (QED) is 0.876. The third-order valence-electron chi connectivity index (χ3n) is 3.42. The van der Waals surface area contributed by atoms with Gasteiger partial charge in [-0.15, -0.1) is 11.8 Å². The van der Waals surface area contributed by atoms with Gasteiger partial charge < -0.3 is 5.32 Å². The Hall–Kier alpha value is -0.420. The highest BCUT2D eigenvalue weighted by atomic mass is 32.2. The summed E-state index contributed by atoms with van der Waals surface area (Å²) >= 11 is 4.10. The van der Waals surface area contributed by atoms with Crippen molar-refractivity contribution in [1.82, 2.24) is 9.97 Å². The van der Waals surface area contributed by atoms with Gasteiger partial charge in [0.25, 0.3) is 0 Å². The van der Waals surface area contributed by atoms with Crippen LogP contribution >= 0.6 is 23.5 Å². The molecule has 2 heterocycles. The van der Waals surface area contributed by atoms with Crippen LogP contribution in [-0.4, -0.2) is 33.3 Å². The monoisotopic (exact) mass is 311 g/mol. The standard InChI is InChI=1S/C15H25N3S2/c1-5-12-14(20-8-7-19-12)15-17-11(10(3)4)9-13(18-15)16-6-2/h9-10,12,14H,5-8H2,1-4H3,(H,16,17,18). The maximum absolute atomic E-state index is 4.85. The maximum Gasteiger partial charge on any atom is 0.145 e. The first-order valence-electron chi connectivity index (χ1n) is 7.51. The minimum atomic E-state index is 0.440. The van der Waals surface area contributed by atoms with E-state index in [1.165, 1.54) is 17.9 Å². The van der Waals surface area contributed by atoms with Gasteiger partial charge in [-0.05, 0) is 19.3 Å². The molecule has 112 valence electrons. The van der Waals surface area contributed by atoms with Crippen molar-refractivity contribution in [3.8, 4) is 0 Å². The number of rotatable bonds is 5. The van der Waals surface area contributed by atoms with Crippen molar-refractivity contribution < 1.29 is 0 Å². The highest BCUT2D eigenvalue weighted by Gasteiger charge is 2.29. The second kappa shape index (κ2) is 7.55. The summed E-state index contributed by atoms with van der Waals surface area (Å²) < 4.78 is 0. The van der Waals surface area contributed by atoms with Crippen molar-refractivity contribution in [2.24, 2.45) is 0 Å². The lowest BCUT2D eigenvalue weighted by molar-refractivity contribution is 0.724. The summed E-state index contributed by atoms with van der Waals surface area (Å²) in [7, 11) is 0. The van der Waals surface area contributed by atoms with Gasteiger partial charge in [0.2, 0.25) is 0 Å². The Morgan fingerprint density at radius 3 is 2.65 bits per heavy atom. The Labute approximate surface area is 131 Å². The molecule has 0 aliphatic carbocycles. The zero-order valence-corrected chi connectivity index (χ0v) is 14.5. The molecule has 0 bridgehead atoms. The van der Waals surface area contributed by atoms with Gasteiger partial charge in [0.15, 0.2) is 0 Å². The SMILES string of the molecule is CCNc1cc(C(C)C)nc(C2SCCSC2CC)n1. The second-order valence-corrected chi connectivity index (χ2v) is 7.93. The van der Waals surface area contributed by atoms with E-state index in [0.29, 0.717) is 16.4 Å². The summed E-state index contributed by atoms with van der Waals surface area (Å²) in [4.78, 5) is 9.62.